The van der Waals surface area contributed by atoms with Gasteiger partial charge in [0.1, 0.15) is 0 Å². The molecule has 0 bridgehead atoms. The average Bonchev–Trinajstić information content (AvgIpc) is 3.28. The summed E-state index contributed by atoms with van der Waals surface area (Å²) in [6, 6.07) is 36.7. The van der Waals surface area contributed by atoms with Gasteiger partial charge in [0.05, 0.1) is 0 Å². The van der Waals surface area contributed by atoms with E-state index in [0.717, 1.165) is 25.2 Å². The summed E-state index contributed by atoms with van der Waals surface area (Å²) < 4.78 is 0. The fourth-order valence-corrected chi connectivity index (χ4v) is 5.88. The maximum Gasteiger partial charge on any atom is 0.0478 e. The normalized spacial score (nSPS) is 17.4. The van der Waals surface area contributed by atoms with Gasteiger partial charge in [-0.25, -0.2) is 0 Å². The topological polar surface area (TPSA) is 19.4 Å². The monoisotopic (exact) mass is 501 g/mol. The predicted molar refractivity (Wildman–Crippen MR) is 159 cm³/mol. The molecule has 1 aromatic heterocycles. The molecule has 3 heteroatoms. The van der Waals surface area contributed by atoms with Crippen molar-refractivity contribution in [3.05, 3.63) is 143 Å². The standard InChI is InChI=1S/C19H19N.C16H20N2/c1-20-12-11-16-15-9-5-6-10-17(15)19(18(16)13-20)14-7-3-2-4-8-14;1-18(2)13-11-15(14-8-4-3-5-9-14)16-10-6-7-12-17-16/h2-10,19H,11-13H2,1H3;3-10,12,15H,11,13H2,1-2H3. The van der Waals surface area contributed by atoms with Gasteiger partial charge in [-0.3, -0.25) is 4.98 Å². The van der Waals surface area contributed by atoms with E-state index in [1.54, 1.807) is 11.1 Å². The number of hydrogen-bond donors (Lipinski definition) is 0. The summed E-state index contributed by atoms with van der Waals surface area (Å²) in [6.45, 7) is 3.34. The van der Waals surface area contributed by atoms with Crippen molar-refractivity contribution >= 4 is 5.57 Å². The lowest BCUT2D eigenvalue weighted by molar-refractivity contribution is 0.356. The molecule has 0 saturated heterocycles. The SMILES string of the molecule is CN(C)CCC(c1ccccc1)c1ccccn1.CN1CCC2=C(C1)C(c1ccccc1)c1ccccc12. The second-order valence-corrected chi connectivity index (χ2v) is 10.7. The largest absolute Gasteiger partial charge is 0.309 e. The lowest BCUT2D eigenvalue weighted by Crippen LogP contribution is -2.27. The van der Waals surface area contributed by atoms with Crippen LogP contribution in [0.4, 0.5) is 0 Å². The van der Waals surface area contributed by atoms with Gasteiger partial charge in [0.15, 0.2) is 0 Å². The second-order valence-electron chi connectivity index (χ2n) is 10.7. The fourth-order valence-electron chi connectivity index (χ4n) is 5.88. The van der Waals surface area contributed by atoms with Crippen LogP contribution in [0.5, 0.6) is 0 Å². The Morgan fingerprint density at radius 2 is 1.53 bits per heavy atom. The number of rotatable bonds is 6. The summed E-state index contributed by atoms with van der Waals surface area (Å²) in [7, 11) is 6.45. The van der Waals surface area contributed by atoms with Crippen molar-refractivity contribution in [3.63, 3.8) is 0 Å². The molecule has 2 aliphatic rings. The van der Waals surface area contributed by atoms with E-state index in [2.05, 4.69) is 133 Å². The van der Waals surface area contributed by atoms with Crippen molar-refractivity contribution in [2.75, 3.05) is 40.8 Å². The van der Waals surface area contributed by atoms with Gasteiger partial charge in [0.2, 0.25) is 0 Å². The zero-order chi connectivity index (χ0) is 26.3. The Kier molecular flexibility index (Phi) is 8.47. The van der Waals surface area contributed by atoms with Gasteiger partial charge in [-0.2, -0.15) is 0 Å². The Hall–Kier alpha value is -3.53. The fraction of sp³-hybridized carbons (Fsp3) is 0.286. The van der Waals surface area contributed by atoms with Crippen molar-refractivity contribution in [1.29, 1.82) is 0 Å². The maximum atomic E-state index is 4.51. The number of likely N-dealkylation sites (N-methyl/N-ethyl adjacent to an activating group) is 1. The van der Waals surface area contributed by atoms with E-state index in [9.17, 15) is 0 Å². The predicted octanol–water partition coefficient (Wildman–Crippen LogP) is 7.09. The number of aromatic nitrogens is 1. The maximum absolute atomic E-state index is 4.51. The molecule has 3 nitrogen and oxygen atoms in total. The van der Waals surface area contributed by atoms with E-state index >= 15 is 0 Å². The summed E-state index contributed by atoms with van der Waals surface area (Å²) in [5.74, 6) is 0.847. The molecule has 2 atom stereocenters. The molecule has 1 aliphatic carbocycles. The highest BCUT2D eigenvalue weighted by molar-refractivity contribution is 5.81. The Morgan fingerprint density at radius 3 is 2.24 bits per heavy atom. The first-order valence-electron chi connectivity index (χ1n) is 13.8. The average molecular weight is 502 g/mol. The van der Waals surface area contributed by atoms with E-state index in [-0.39, 0.29) is 0 Å². The van der Waals surface area contributed by atoms with Gasteiger partial charge >= 0.3 is 0 Å². The molecule has 0 fully saturated rings. The molecule has 2 heterocycles. The Labute approximate surface area is 228 Å². The third-order valence-electron chi connectivity index (χ3n) is 7.76. The van der Waals surface area contributed by atoms with E-state index < -0.39 is 0 Å². The summed E-state index contributed by atoms with van der Waals surface area (Å²) in [6.07, 6.45) is 4.15. The van der Waals surface area contributed by atoms with Crippen molar-refractivity contribution in [1.82, 2.24) is 14.8 Å². The Balaban J connectivity index is 0.000000156. The number of fused-ring (bicyclic) bond motifs is 2. The van der Waals surface area contributed by atoms with Gasteiger partial charge in [0.25, 0.3) is 0 Å². The molecular weight excluding hydrogens is 462 g/mol. The number of nitrogens with zero attached hydrogens (tertiary/aromatic N) is 3. The van der Waals surface area contributed by atoms with Gasteiger partial charge in [-0.1, -0.05) is 91.0 Å². The number of hydrogen-bond acceptors (Lipinski definition) is 3. The minimum absolute atomic E-state index is 0.384. The summed E-state index contributed by atoms with van der Waals surface area (Å²) in [4.78, 5) is 9.18. The van der Waals surface area contributed by atoms with E-state index in [1.165, 1.54) is 35.2 Å². The molecule has 4 aromatic rings. The summed E-state index contributed by atoms with van der Waals surface area (Å²) >= 11 is 0. The minimum Gasteiger partial charge on any atom is -0.309 e. The van der Waals surface area contributed by atoms with Crippen LogP contribution >= 0.6 is 0 Å². The van der Waals surface area contributed by atoms with Crippen LogP contribution in [0.2, 0.25) is 0 Å². The molecule has 0 N–H and O–H groups in total. The molecule has 0 amide bonds. The minimum atomic E-state index is 0.384. The van der Waals surface area contributed by atoms with Crippen LogP contribution < -0.4 is 0 Å². The summed E-state index contributed by atoms with van der Waals surface area (Å²) in [5, 5.41) is 0. The van der Waals surface area contributed by atoms with Gasteiger partial charge in [-0.15, -0.1) is 0 Å². The van der Waals surface area contributed by atoms with Crippen LogP contribution in [0.3, 0.4) is 0 Å². The molecule has 3 aromatic carbocycles. The van der Waals surface area contributed by atoms with Gasteiger partial charge in [-0.05, 0) is 86.1 Å². The van der Waals surface area contributed by atoms with E-state index in [1.807, 2.05) is 12.3 Å². The second kappa shape index (κ2) is 12.3. The third-order valence-corrected chi connectivity index (χ3v) is 7.76. The molecule has 194 valence electrons. The first kappa shape index (κ1) is 26.1. The number of benzene rings is 3. The molecular formula is C35H39N3. The van der Waals surface area contributed by atoms with Crippen LogP contribution in [0.25, 0.3) is 5.57 Å². The molecule has 38 heavy (non-hydrogen) atoms. The molecule has 1 aliphatic heterocycles. The van der Waals surface area contributed by atoms with Gasteiger partial charge < -0.3 is 9.80 Å². The van der Waals surface area contributed by atoms with E-state index in [4.69, 9.17) is 0 Å². The number of pyridine rings is 1. The summed E-state index contributed by atoms with van der Waals surface area (Å²) in [5.41, 5.74) is 10.1. The van der Waals surface area contributed by atoms with E-state index in [0.29, 0.717) is 11.8 Å². The Bertz CT molecular complexity index is 1290. The molecule has 0 saturated carbocycles. The first-order chi connectivity index (χ1) is 18.6. The highest BCUT2D eigenvalue weighted by Gasteiger charge is 2.34. The molecule has 0 spiro atoms. The highest BCUT2D eigenvalue weighted by Crippen LogP contribution is 2.48. The first-order valence-corrected chi connectivity index (χ1v) is 13.8. The van der Waals surface area contributed by atoms with Crippen LogP contribution in [-0.2, 0) is 0 Å². The molecule has 2 unspecified atom stereocenters. The lowest BCUT2D eigenvalue weighted by Gasteiger charge is -2.27. The van der Waals surface area contributed by atoms with Crippen LogP contribution in [-0.4, -0.2) is 55.6 Å². The third kappa shape index (κ3) is 5.96. The highest BCUT2D eigenvalue weighted by atomic mass is 15.1. The quantitative estimate of drug-likeness (QED) is 0.281. The molecule has 0 radical (unpaired) electrons. The lowest BCUT2D eigenvalue weighted by atomic mass is 9.87. The van der Waals surface area contributed by atoms with Crippen molar-refractivity contribution in [2.45, 2.75) is 24.7 Å². The Morgan fingerprint density at radius 1 is 0.842 bits per heavy atom. The van der Waals surface area contributed by atoms with Gasteiger partial charge in [0, 0.05) is 36.8 Å². The smallest absolute Gasteiger partial charge is 0.0478 e. The van der Waals surface area contributed by atoms with Crippen LogP contribution in [0, 0.1) is 0 Å². The zero-order valence-corrected chi connectivity index (χ0v) is 22.9. The van der Waals surface area contributed by atoms with Crippen molar-refractivity contribution < 1.29 is 0 Å². The molecule has 6 rings (SSSR count). The van der Waals surface area contributed by atoms with Crippen molar-refractivity contribution in [3.8, 4) is 0 Å². The zero-order valence-electron chi connectivity index (χ0n) is 22.9. The van der Waals surface area contributed by atoms with Crippen molar-refractivity contribution in [2.24, 2.45) is 0 Å². The van der Waals surface area contributed by atoms with Crippen LogP contribution in [0.15, 0.2) is 115 Å². The van der Waals surface area contributed by atoms with Crippen LogP contribution in [0.1, 0.15) is 52.6 Å².